The zero-order valence-corrected chi connectivity index (χ0v) is 9.63. The van der Waals surface area contributed by atoms with E-state index in [2.05, 4.69) is 12.2 Å². The quantitative estimate of drug-likeness (QED) is 0.850. The standard InChI is InChI=1S/C13H18FNO/c1-13(6-3-7-15-10-13)16-9-11-4-2-5-12(14)8-11/h2,4-5,8,15H,3,6-7,9-10H2,1H3. The van der Waals surface area contributed by atoms with Crippen molar-refractivity contribution in [2.75, 3.05) is 13.1 Å². The molecule has 1 aromatic carbocycles. The molecule has 1 aliphatic rings. The van der Waals surface area contributed by atoms with Crippen LogP contribution in [0.1, 0.15) is 25.3 Å². The largest absolute Gasteiger partial charge is 0.369 e. The van der Waals surface area contributed by atoms with Gasteiger partial charge in [0.2, 0.25) is 0 Å². The van der Waals surface area contributed by atoms with E-state index >= 15 is 0 Å². The molecular weight excluding hydrogens is 205 g/mol. The maximum atomic E-state index is 13.0. The van der Waals surface area contributed by atoms with Crippen LogP contribution >= 0.6 is 0 Å². The van der Waals surface area contributed by atoms with Crippen LogP contribution in [0.2, 0.25) is 0 Å². The summed E-state index contributed by atoms with van der Waals surface area (Å²) in [5.41, 5.74) is 0.789. The van der Waals surface area contributed by atoms with Crippen LogP contribution in [-0.2, 0) is 11.3 Å². The highest BCUT2D eigenvalue weighted by atomic mass is 19.1. The zero-order chi connectivity index (χ0) is 11.4. The molecule has 0 radical (unpaired) electrons. The Morgan fingerprint density at radius 3 is 3.06 bits per heavy atom. The van der Waals surface area contributed by atoms with Gasteiger partial charge in [-0.2, -0.15) is 0 Å². The molecule has 88 valence electrons. The molecule has 3 heteroatoms. The molecule has 1 aromatic rings. The first kappa shape index (κ1) is 11.6. The third kappa shape index (κ3) is 3.03. The molecule has 1 aliphatic heterocycles. The Morgan fingerprint density at radius 1 is 1.50 bits per heavy atom. The van der Waals surface area contributed by atoms with Crippen molar-refractivity contribution in [2.45, 2.75) is 32.0 Å². The van der Waals surface area contributed by atoms with E-state index < -0.39 is 0 Å². The molecule has 1 heterocycles. The van der Waals surface area contributed by atoms with Gasteiger partial charge in [-0.15, -0.1) is 0 Å². The van der Waals surface area contributed by atoms with Gasteiger partial charge in [0, 0.05) is 6.54 Å². The van der Waals surface area contributed by atoms with Crippen LogP contribution < -0.4 is 5.32 Å². The molecule has 0 aromatic heterocycles. The number of piperidine rings is 1. The van der Waals surface area contributed by atoms with E-state index in [4.69, 9.17) is 4.74 Å². The van der Waals surface area contributed by atoms with Crippen molar-refractivity contribution >= 4 is 0 Å². The van der Waals surface area contributed by atoms with Crippen LogP contribution in [0.15, 0.2) is 24.3 Å². The lowest BCUT2D eigenvalue weighted by Gasteiger charge is -2.34. The van der Waals surface area contributed by atoms with Gasteiger partial charge in [-0.1, -0.05) is 12.1 Å². The third-order valence-corrected chi connectivity index (χ3v) is 3.03. The van der Waals surface area contributed by atoms with Gasteiger partial charge >= 0.3 is 0 Å². The summed E-state index contributed by atoms with van der Waals surface area (Å²) in [5, 5.41) is 3.32. The summed E-state index contributed by atoms with van der Waals surface area (Å²) < 4.78 is 18.8. The SMILES string of the molecule is CC1(OCc2cccc(F)c2)CCCNC1. The van der Waals surface area contributed by atoms with Gasteiger partial charge in [-0.25, -0.2) is 4.39 Å². The topological polar surface area (TPSA) is 21.3 Å². The van der Waals surface area contributed by atoms with Crippen molar-refractivity contribution in [3.05, 3.63) is 35.6 Å². The van der Waals surface area contributed by atoms with E-state index in [0.717, 1.165) is 31.5 Å². The van der Waals surface area contributed by atoms with E-state index in [1.807, 2.05) is 6.07 Å². The summed E-state index contributed by atoms with van der Waals surface area (Å²) in [5.74, 6) is -0.201. The zero-order valence-electron chi connectivity index (χ0n) is 9.63. The Labute approximate surface area is 95.8 Å². The first-order valence-corrected chi connectivity index (χ1v) is 5.77. The van der Waals surface area contributed by atoms with Gasteiger partial charge in [-0.05, 0) is 44.0 Å². The lowest BCUT2D eigenvalue weighted by molar-refractivity contribution is -0.0572. The maximum absolute atomic E-state index is 13.0. The van der Waals surface area contributed by atoms with Crippen molar-refractivity contribution < 1.29 is 9.13 Å². The lowest BCUT2D eigenvalue weighted by Crippen LogP contribution is -2.45. The summed E-state index contributed by atoms with van der Waals surface area (Å²) in [6.07, 6.45) is 2.20. The van der Waals surface area contributed by atoms with E-state index in [0.29, 0.717) is 6.61 Å². The fraction of sp³-hybridized carbons (Fsp3) is 0.538. The number of benzene rings is 1. The smallest absolute Gasteiger partial charge is 0.123 e. The molecule has 0 bridgehead atoms. The fourth-order valence-electron chi connectivity index (χ4n) is 2.04. The molecule has 0 aliphatic carbocycles. The summed E-state index contributed by atoms with van der Waals surface area (Å²) in [7, 11) is 0. The first-order chi connectivity index (χ1) is 7.68. The number of ether oxygens (including phenoxy) is 1. The number of halogens is 1. The monoisotopic (exact) mass is 223 g/mol. The molecule has 0 amide bonds. The van der Waals surface area contributed by atoms with Gasteiger partial charge in [0.15, 0.2) is 0 Å². The minimum atomic E-state index is -0.201. The van der Waals surface area contributed by atoms with Crippen molar-refractivity contribution in [1.29, 1.82) is 0 Å². The summed E-state index contributed by atoms with van der Waals surface area (Å²) in [4.78, 5) is 0. The summed E-state index contributed by atoms with van der Waals surface area (Å²) >= 11 is 0. The molecule has 0 spiro atoms. The second-order valence-electron chi connectivity index (χ2n) is 4.65. The predicted molar refractivity (Wildman–Crippen MR) is 61.7 cm³/mol. The van der Waals surface area contributed by atoms with E-state index in [1.54, 1.807) is 6.07 Å². The molecule has 2 nitrogen and oxygen atoms in total. The van der Waals surface area contributed by atoms with Gasteiger partial charge < -0.3 is 10.1 Å². The minimum Gasteiger partial charge on any atom is -0.369 e. The Hall–Kier alpha value is -0.930. The van der Waals surface area contributed by atoms with E-state index in [9.17, 15) is 4.39 Å². The second kappa shape index (κ2) is 4.93. The maximum Gasteiger partial charge on any atom is 0.123 e. The molecule has 1 saturated heterocycles. The molecule has 16 heavy (non-hydrogen) atoms. The Bertz CT molecular complexity index is 348. The van der Waals surface area contributed by atoms with E-state index in [1.165, 1.54) is 12.1 Å². The average Bonchev–Trinajstić information content (AvgIpc) is 2.28. The van der Waals surface area contributed by atoms with Crippen LogP contribution in [0.4, 0.5) is 4.39 Å². The Morgan fingerprint density at radius 2 is 2.38 bits per heavy atom. The van der Waals surface area contributed by atoms with Crippen LogP contribution in [0.25, 0.3) is 0 Å². The van der Waals surface area contributed by atoms with Crippen molar-refractivity contribution in [2.24, 2.45) is 0 Å². The number of hydrogen-bond donors (Lipinski definition) is 1. The van der Waals surface area contributed by atoms with Gasteiger partial charge in [-0.3, -0.25) is 0 Å². The highest BCUT2D eigenvalue weighted by Gasteiger charge is 2.27. The Kier molecular flexibility index (Phi) is 3.56. The number of hydrogen-bond acceptors (Lipinski definition) is 2. The predicted octanol–water partition coefficient (Wildman–Crippen LogP) is 2.48. The molecule has 1 N–H and O–H groups in total. The van der Waals surface area contributed by atoms with Gasteiger partial charge in [0.25, 0.3) is 0 Å². The number of nitrogens with one attached hydrogen (secondary N) is 1. The normalized spacial score (nSPS) is 25.6. The summed E-state index contributed by atoms with van der Waals surface area (Å²) in [6, 6.07) is 6.59. The molecule has 1 unspecified atom stereocenters. The van der Waals surface area contributed by atoms with Gasteiger partial charge in [0.05, 0.1) is 12.2 Å². The molecule has 2 rings (SSSR count). The van der Waals surface area contributed by atoms with Crippen LogP contribution in [0, 0.1) is 5.82 Å². The number of rotatable bonds is 3. The van der Waals surface area contributed by atoms with Crippen LogP contribution in [-0.4, -0.2) is 18.7 Å². The highest BCUT2D eigenvalue weighted by Crippen LogP contribution is 2.21. The van der Waals surface area contributed by atoms with Gasteiger partial charge in [0.1, 0.15) is 5.82 Å². The summed E-state index contributed by atoms with van der Waals surface area (Å²) in [6.45, 7) is 4.54. The first-order valence-electron chi connectivity index (χ1n) is 5.77. The fourth-order valence-corrected chi connectivity index (χ4v) is 2.04. The van der Waals surface area contributed by atoms with Crippen molar-refractivity contribution in [1.82, 2.24) is 5.32 Å². The molecular formula is C13H18FNO. The molecule has 0 saturated carbocycles. The van der Waals surface area contributed by atoms with Crippen molar-refractivity contribution in [3.63, 3.8) is 0 Å². The minimum absolute atomic E-state index is 0.107. The van der Waals surface area contributed by atoms with Crippen LogP contribution in [0.3, 0.4) is 0 Å². The third-order valence-electron chi connectivity index (χ3n) is 3.03. The lowest BCUT2D eigenvalue weighted by atomic mass is 9.96. The van der Waals surface area contributed by atoms with E-state index in [-0.39, 0.29) is 11.4 Å². The molecule has 1 atom stereocenters. The Balaban J connectivity index is 1.91. The highest BCUT2D eigenvalue weighted by molar-refractivity contribution is 5.15. The van der Waals surface area contributed by atoms with Crippen LogP contribution in [0.5, 0.6) is 0 Å². The second-order valence-corrected chi connectivity index (χ2v) is 4.65. The van der Waals surface area contributed by atoms with Crippen molar-refractivity contribution in [3.8, 4) is 0 Å². The molecule has 1 fully saturated rings. The average molecular weight is 223 g/mol.